The second-order valence-electron chi connectivity index (χ2n) is 9.33. The predicted molar refractivity (Wildman–Crippen MR) is 142 cm³/mol. The number of imide groups is 2. The number of methoxy groups -OCH3 is 3. The molecule has 0 unspecified atom stereocenters. The van der Waals surface area contributed by atoms with E-state index in [2.05, 4.69) is 37.1 Å². The van der Waals surface area contributed by atoms with E-state index in [4.69, 9.17) is 14.2 Å². The number of hydrogen-bond donors (Lipinski definition) is 1. The lowest BCUT2D eigenvalue weighted by Crippen LogP contribution is -2.54. The van der Waals surface area contributed by atoms with Gasteiger partial charge in [0.2, 0.25) is 0 Å². The molecule has 2 heterocycles. The Labute approximate surface area is 216 Å². The third-order valence-electron chi connectivity index (χ3n) is 6.67. The molecule has 2 aromatic rings. The highest BCUT2D eigenvalue weighted by Gasteiger charge is 2.39. The smallest absolute Gasteiger partial charge is 0.336 e. The Bertz CT molecular complexity index is 1360. The minimum absolute atomic E-state index is 0.182. The van der Waals surface area contributed by atoms with Gasteiger partial charge in [-0.3, -0.25) is 14.9 Å². The molecule has 1 N–H and O–H groups in total. The fourth-order valence-electron chi connectivity index (χ4n) is 4.99. The molecule has 9 nitrogen and oxygen atoms in total. The zero-order chi connectivity index (χ0) is 27.1. The summed E-state index contributed by atoms with van der Waals surface area (Å²) in [6.07, 6.45) is 3.65. The topological polar surface area (TPSA) is 97.4 Å². The number of likely N-dealkylation sites (N-methyl/N-ethyl adjacent to an activating group) is 1. The predicted octanol–water partition coefficient (Wildman–Crippen LogP) is 4.40. The van der Waals surface area contributed by atoms with Crippen LogP contribution in [0, 0.1) is 0 Å². The van der Waals surface area contributed by atoms with Gasteiger partial charge in [0, 0.05) is 35.5 Å². The van der Waals surface area contributed by atoms with E-state index in [-0.39, 0.29) is 22.5 Å². The largest absolute Gasteiger partial charge is 0.497 e. The van der Waals surface area contributed by atoms with E-state index in [1.54, 1.807) is 12.1 Å². The number of barbiturate groups is 1. The molecule has 0 aliphatic carbocycles. The van der Waals surface area contributed by atoms with E-state index in [9.17, 15) is 14.4 Å². The molecule has 0 spiro atoms. The first-order valence-electron chi connectivity index (χ1n) is 11.9. The maximum absolute atomic E-state index is 13.5. The average molecular weight is 506 g/mol. The van der Waals surface area contributed by atoms with E-state index < -0.39 is 17.8 Å². The Kier molecular flexibility index (Phi) is 6.73. The summed E-state index contributed by atoms with van der Waals surface area (Å²) in [5.74, 6) is -0.335. The second kappa shape index (κ2) is 9.65. The van der Waals surface area contributed by atoms with Gasteiger partial charge in [-0.25, -0.2) is 9.69 Å². The summed E-state index contributed by atoms with van der Waals surface area (Å²) in [4.78, 5) is 42.3. The van der Waals surface area contributed by atoms with E-state index in [1.165, 1.54) is 33.5 Å². The number of urea groups is 1. The molecular formula is C28H31N3O6. The fourth-order valence-corrected chi connectivity index (χ4v) is 4.99. The number of carbonyl (C=O) groups excluding carboxylic acids is 3. The number of nitrogens with one attached hydrogen (secondary N) is 1. The van der Waals surface area contributed by atoms with Gasteiger partial charge in [0.05, 0.1) is 32.6 Å². The van der Waals surface area contributed by atoms with Crippen molar-refractivity contribution in [3.8, 4) is 17.2 Å². The molecule has 2 aromatic carbocycles. The summed E-state index contributed by atoms with van der Waals surface area (Å²) in [5.41, 5.74) is 3.38. The minimum atomic E-state index is -0.868. The SMILES string of the molecule is CCN1c2cc(OC)c(/C=C3/C(=O)NC(=O)N(c4ccc(OC)cc4OC)C3=O)cc2C(C)=CC1(C)C. The van der Waals surface area contributed by atoms with Crippen LogP contribution in [0.4, 0.5) is 16.2 Å². The second-order valence-corrected chi connectivity index (χ2v) is 9.33. The van der Waals surface area contributed by atoms with Crippen LogP contribution in [0.5, 0.6) is 17.2 Å². The van der Waals surface area contributed by atoms with E-state index in [0.717, 1.165) is 28.3 Å². The quantitative estimate of drug-likeness (QED) is 0.459. The number of carbonyl (C=O) groups is 3. The molecule has 4 rings (SSSR count). The Balaban J connectivity index is 1.83. The van der Waals surface area contributed by atoms with Crippen LogP contribution in [0.1, 0.15) is 38.8 Å². The van der Waals surface area contributed by atoms with Gasteiger partial charge in [-0.1, -0.05) is 6.08 Å². The molecule has 37 heavy (non-hydrogen) atoms. The number of rotatable bonds is 6. The first kappa shape index (κ1) is 25.8. The summed E-state index contributed by atoms with van der Waals surface area (Å²) >= 11 is 0. The first-order chi connectivity index (χ1) is 17.6. The maximum Gasteiger partial charge on any atom is 0.336 e. The molecule has 1 fully saturated rings. The van der Waals surface area contributed by atoms with Gasteiger partial charge < -0.3 is 19.1 Å². The Morgan fingerprint density at radius 3 is 2.27 bits per heavy atom. The number of amides is 4. The lowest BCUT2D eigenvalue weighted by atomic mass is 9.87. The number of nitrogens with zero attached hydrogens (tertiary/aromatic N) is 2. The molecule has 4 amide bonds. The van der Waals surface area contributed by atoms with Gasteiger partial charge in [0.25, 0.3) is 11.8 Å². The third kappa shape index (κ3) is 4.41. The fraction of sp³-hybridized carbons (Fsp3) is 0.321. The lowest BCUT2D eigenvalue weighted by Gasteiger charge is -2.43. The summed E-state index contributed by atoms with van der Waals surface area (Å²) in [5, 5.41) is 2.26. The van der Waals surface area contributed by atoms with Gasteiger partial charge in [0.15, 0.2) is 0 Å². The molecule has 194 valence electrons. The van der Waals surface area contributed by atoms with Crippen molar-refractivity contribution in [2.24, 2.45) is 0 Å². The number of anilines is 2. The molecule has 1 saturated heterocycles. The summed E-state index contributed by atoms with van der Waals surface area (Å²) in [7, 11) is 4.45. The molecule has 0 bridgehead atoms. The minimum Gasteiger partial charge on any atom is -0.497 e. The molecule has 2 aliphatic heterocycles. The molecule has 2 aliphatic rings. The van der Waals surface area contributed by atoms with E-state index >= 15 is 0 Å². The van der Waals surface area contributed by atoms with Crippen molar-refractivity contribution in [3.05, 3.63) is 53.1 Å². The first-order valence-corrected chi connectivity index (χ1v) is 11.9. The van der Waals surface area contributed by atoms with Gasteiger partial charge in [-0.15, -0.1) is 0 Å². The van der Waals surface area contributed by atoms with Crippen molar-refractivity contribution in [2.45, 2.75) is 33.2 Å². The van der Waals surface area contributed by atoms with Crippen molar-refractivity contribution < 1.29 is 28.6 Å². The van der Waals surface area contributed by atoms with Crippen LogP contribution < -0.4 is 29.3 Å². The maximum atomic E-state index is 13.5. The summed E-state index contributed by atoms with van der Waals surface area (Å²) in [6, 6.07) is 7.63. The highest BCUT2D eigenvalue weighted by molar-refractivity contribution is 6.39. The monoisotopic (exact) mass is 505 g/mol. The van der Waals surface area contributed by atoms with Crippen LogP contribution >= 0.6 is 0 Å². The number of ether oxygens (including phenoxy) is 3. The van der Waals surface area contributed by atoms with Gasteiger partial charge in [-0.2, -0.15) is 0 Å². The number of hydrogen-bond acceptors (Lipinski definition) is 7. The van der Waals surface area contributed by atoms with E-state index in [1.807, 2.05) is 19.1 Å². The summed E-state index contributed by atoms with van der Waals surface area (Å²) < 4.78 is 16.2. The highest BCUT2D eigenvalue weighted by atomic mass is 16.5. The van der Waals surface area contributed by atoms with Crippen molar-refractivity contribution in [1.29, 1.82) is 0 Å². The van der Waals surface area contributed by atoms with Crippen molar-refractivity contribution in [1.82, 2.24) is 5.32 Å². The van der Waals surface area contributed by atoms with Crippen LogP contribution in [0.15, 0.2) is 42.0 Å². The Hall–Kier alpha value is -4.27. The Morgan fingerprint density at radius 1 is 0.946 bits per heavy atom. The number of fused-ring (bicyclic) bond motifs is 1. The standard InChI is InChI=1S/C28H31N3O6/c1-8-30-22-14-23(36-6)17(11-19(22)16(2)15-28(30,3)4)12-20-25(32)29-27(34)31(26(20)33)21-10-9-18(35-5)13-24(21)37-7/h9-15H,8H2,1-7H3,(H,29,32,34)/b20-12-. The molecule has 9 heteroatoms. The summed E-state index contributed by atoms with van der Waals surface area (Å²) in [6.45, 7) is 9.21. The van der Waals surface area contributed by atoms with Crippen LogP contribution in [0.3, 0.4) is 0 Å². The van der Waals surface area contributed by atoms with E-state index in [0.29, 0.717) is 17.1 Å². The zero-order valence-electron chi connectivity index (χ0n) is 22.1. The number of allylic oxidation sites excluding steroid dienone is 1. The van der Waals surface area contributed by atoms with Crippen LogP contribution in [-0.4, -0.2) is 51.3 Å². The van der Waals surface area contributed by atoms with Gasteiger partial charge >= 0.3 is 6.03 Å². The molecule has 0 aromatic heterocycles. The lowest BCUT2D eigenvalue weighted by molar-refractivity contribution is -0.122. The third-order valence-corrected chi connectivity index (χ3v) is 6.67. The zero-order valence-corrected chi connectivity index (χ0v) is 22.1. The van der Waals surface area contributed by atoms with Crippen molar-refractivity contribution in [2.75, 3.05) is 37.7 Å². The average Bonchev–Trinajstić information content (AvgIpc) is 2.86. The van der Waals surface area contributed by atoms with Crippen molar-refractivity contribution >= 4 is 40.9 Å². The molecule has 0 atom stereocenters. The van der Waals surface area contributed by atoms with Crippen LogP contribution in [-0.2, 0) is 9.59 Å². The van der Waals surface area contributed by atoms with Gasteiger partial charge in [0.1, 0.15) is 22.8 Å². The normalized spacial score (nSPS) is 17.9. The molecule has 0 radical (unpaired) electrons. The van der Waals surface area contributed by atoms with Crippen LogP contribution in [0.25, 0.3) is 11.6 Å². The van der Waals surface area contributed by atoms with Crippen molar-refractivity contribution in [3.63, 3.8) is 0 Å². The molecule has 0 saturated carbocycles. The number of benzene rings is 2. The van der Waals surface area contributed by atoms with Crippen LogP contribution in [0.2, 0.25) is 0 Å². The van der Waals surface area contributed by atoms with Gasteiger partial charge in [-0.05, 0) is 57.5 Å². The Morgan fingerprint density at radius 2 is 1.65 bits per heavy atom. The molecular weight excluding hydrogens is 474 g/mol. The highest BCUT2D eigenvalue weighted by Crippen LogP contribution is 2.43.